The van der Waals surface area contributed by atoms with Crippen LogP contribution in [0.25, 0.3) is 0 Å². The summed E-state index contributed by atoms with van der Waals surface area (Å²) >= 11 is 0.639. The lowest BCUT2D eigenvalue weighted by Gasteiger charge is -2.33. The molecule has 0 radical (unpaired) electrons. The highest BCUT2D eigenvalue weighted by atomic mass is 32.2. The van der Waals surface area contributed by atoms with Crippen LogP contribution in [0.5, 0.6) is 0 Å². The molecule has 1 saturated carbocycles. The topological polar surface area (TPSA) is 48.0 Å². The predicted octanol–water partition coefficient (Wildman–Crippen LogP) is 3.52. The number of nitrogens with one attached hydrogen (secondary N) is 1. The summed E-state index contributed by atoms with van der Waals surface area (Å²) in [6.45, 7) is 10.2. The number of hydrogen-bond donors (Lipinski definition) is 1. The molecule has 1 heterocycles. The van der Waals surface area contributed by atoms with Gasteiger partial charge in [0.25, 0.3) is 0 Å². The van der Waals surface area contributed by atoms with Gasteiger partial charge >= 0.3 is 0 Å². The second kappa shape index (κ2) is 5.35. The summed E-state index contributed by atoms with van der Waals surface area (Å²) < 4.78 is 15.5. The van der Waals surface area contributed by atoms with Crippen molar-refractivity contribution in [3.63, 3.8) is 0 Å². The molecular weight excluding hydrogens is 276 g/mol. The van der Waals surface area contributed by atoms with E-state index in [1.165, 1.54) is 17.7 Å². The molecule has 1 aliphatic rings. The van der Waals surface area contributed by atoms with Crippen LogP contribution in [0.3, 0.4) is 0 Å². The van der Waals surface area contributed by atoms with Gasteiger partial charge in [0.1, 0.15) is 15.3 Å². The van der Waals surface area contributed by atoms with Gasteiger partial charge in [-0.3, -0.25) is 0 Å². The first-order chi connectivity index (χ1) is 8.71. The summed E-state index contributed by atoms with van der Waals surface area (Å²) in [4.78, 5) is 5.73. The summed E-state index contributed by atoms with van der Waals surface area (Å²) in [5.41, 5.74) is -0.266. The van der Waals surface area contributed by atoms with Crippen LogP contribution in [0.2, 0.25) is 0 Å². The van der Waals surface area contributed by atoms with Crippen molar-refractivity contribution in [2.24, 2.45) is 5.92 Å². The van der Waals surface area contributed by atoms with Gasteiger partial charge in [0.15, 0.2) is 0 Å². The Labute approximate surface area is 123 Å². The van der Waals surface area contributed by atoms with Crippen LogP contribution in [0, 0.1) is 12.8 Å². The lowest BCUT2D eigenvalue weighted by Crippen LogP contribution is -2.50. The molecule has 2 unspecified atom stereocenters. The molecule has 1 aliphatic carbocycles. The Morgan fingerprint density at radius 3 is 2.47 bits per heavy atom. The molecule has 1 aromatic heterocycles. The Balaban J connectivity index is 2.19. The fourth-order valence-corrected chi connectivity index (χ4v) is 3.87. The molecule has 2 rings (SSSR count). The third-order valence-electron chi connectivity index (χ3n) is 3.36. The number of aryl methyl sites for hydroxylation is 1. The maximum Gasteiger partial charge on any atom is 0.136 e. The average molecular weight is 300 g/mol. The van der Waals surface area contributed by atoms with E-state index < -0.39 is 11.4 Å². The quantitative estimate of drug-likeness (QED) is 0.846. The van der Waals surface area contributed by atoms with Gasteiger partial charge in [-0.15, -0.1) is 16.1 Å². The molecule has 0 bridgehead atoms. The van der Waals surface area contributed by atoms with E-state index in [0.717, 1.165) is 17.3 Å². The highest BCUT2D eigenvalue weighted by molar-refractivity contribution is 7.90. The molecule has 5 heteroatoms. The van der Waals surface area contributed by atoms with E-state index in [-0.39, 0.29) is 10.3 Å². The molecule has 3 nitrogen and oxygen atoms in total. The zero-order valence-electron chi connectivity index (χ0n) is 12.4. The molecule has 108 valence electrons. The maximum absolute atomic E-state index is 12.4. The van der Waals surface area contributed by atoms with Crippen LogP contribution < -0.4 is 4.72 Å². The number of aromatic nitrogens is 1. The van der Waals surface area contributed by atoms with Crippen molar-refractivity contribution in [3.8, 4) is 0 Å². The molecule has 1 fully saturated rings. The second-order valence-electron chi connectivity index (χ2n) is 6.74. The Kier molecular flexibility index (Phi) is 4.31. The highest BCUT2D eigenvalue weighted by Gasteiger charge is 2.42. The van der Waals surface area contributed by atoms with Gasteiger partial charge in [-0.05, 0) is 47.0 Å². The minimum absolute atomic E-state index is 0.253. The monoisotopic (exact) mass is 300 g/mol. The minimum atomic E-state index is -1.07. The number of thiazole rings is 1. The Hall–Kier alpha value is -0.100. The average Bonchev–Trinajstić information content (AvgIpc) is 2.95. The zero-order chi connectivity index (χ0) is 14.3. The summed E-state index contributed by atoms with van der Waals surface area (Å²) in [6.07, 6.45) is 5.53. The van der Waals surface area contributed by atoms with Crippen molar-refractivity contribution in [1.82, 2.24) is 9.71 Å². The summed E-state index contributed by atoms with van der Waals surface area (Å²) in [6, 6.07) is 0. The standard InChI is InChI=1S/C14H24N2OS2/c1-10-9-15-12(18-10)14(5,8-11-6-7-11)16-19(17)13(2,3)4/h9,11,16H,6-8H2,1-5H3. The van der Waals surface area contributed by atoms with Gasteiger partial charge in [0.2, 0.25) is 0 Å². The van der Waals surface area contributed by atoms with Crippen molar-refractivity contribution in [2.45, 2.75) is 64.2 Å². The molecule has 2 atom stereocenters. The smallest absolute Gasteiger partial charge is 0.136 e. The molecule has 0 aromatic carbocycles. The third-order valence-corrected chi connectivity index (χ3v) is 6.29. The van der Waals surface area contributed by atoms with Crippen molar-refractivity contribution in [2.75, 3.05) is 0 Å². The lowest BCUT2D eigenvalue weighted by molar-refractivity contribution is 0.371. The normalized spacial score (nSPS) is 21.2. The molecule has 0 saturated heterocycles. The van der Waals surface area contributed by atoms with Crippen LogP contribution in [-0.2, 0) is 16.9 Å². The van der Waals surface area contributed by atoms with E-state index in [0.29, 0.717) is 0 Å². The van der Waals surface area contributed by atoms with E-state index in [1.807, 2.05) is 27.0 Å². The van der Waals surface area contributed by atoms with E-state index in [1.54, 1.807) is 11.3 Å². The Morgan fingerprint density at radius 1 is 1.42 bits per heavy atom. The van der Waals surface area contributed by atoms with E-state index in [4.69, 9.17) is 0 Å². The Bertz CT molecular complexity index is 437. The van der Waals surface area contributed by atoms with Gasteiger partial charge in [-0.25, -0.2) is 4.98 Å². The second-order valence-corrected chi connectivity index (χ2v) is 9.94. The SMILES string of the molecule is Cc1cnc(C(C)(CC2CC2)N[S+]([O-])C(C)(C)C)s1. The molecule has 0 spiro atoms. The largest absolute Gasteiger partial charge is 0.598 e. The molecule has 1 N–H and O–H groups in total. The van der Waals surface area contributed by atoms with Gasteiger partial charge in [0.05, 0.1) is 0 Å². The molecule has 1 aromatic rings. The first kappa shape index (κ1) is 15.3. The van der Waals surface area contributed by atoms with Crippen molar-refractivity contribution < 1.29 is 4.55 Å². The number of hydrogen-bond acceptors (Lipinski definition) is 4. The first-order valence-electron chi connectivity index (χ1n) is 6.83. The fraction of sp³-hybridized carbons (Fsp3) is 0.786. The molecule has 0 aliphatic heterocycles. The summed E-state index contributed by atoms with van der Waals surface area (Å²) in [5.74, 6) is 0.763. The van der Waals surface area contributed by atoms with Crippen molar-refractivity contribution in [1.29, 1.82) is 0 Å². The predicted molar refractivity (Wildman–Crippen MR) is 82.6 cm³/mol. The van der Waals surface area contributed by atoms with Crippen LogP contribution in [0.1, 0.15) is 56.8 Å². The number of rotatable bonds is 5. The molecule has 0 amide bonds. The highest BCUT2D eigenvalue weighted by Crippen LogP contribution is 2.42. The van der Waals surface area contributed by atoms with Gasteiger partial charge in [-0.1, -0.05) is 12.8 Å². The minimum Gasteiger partial charge on any atom is -0.598 e. The van der Waals surface area contributed by atoms with Crippen molar-refractivity contribution in [3.05, 3.63) is 16.1 Å². The van der Waals surface area contributed by atoms with Crippen LogP contribution >= 0.6 is 11.3 Å². The van der Waals surface area contributed by atoms with Crippen molar-refractivity contribution >= 4 is 22.7 Å². The number of nitrogens with zero attached hydrogens (tertiary/aromatic N) is 1. The van der Waals surface area contributed by atoms with Gasteiger partial charge in [-0.2, -0.15) is 0 Å². The van der Waals surface area contributed by atoms with Crippen LogP contribution in [-0.4, -0.2) is 14.3 Å². The van der Waals surface area contributed by atoms with Crippen LogP contribution in [0.4, 0.5) is 0 Å². The first-order valence-corrected chi connectivity index (χ1v) is 8.80. The van der Waals surface area contributed by atoms with Gasteiger partial charge in [0, 0.05) is 22.4 Å². The fourth-order valence-electron chi connectivity index (χ4n) is 2.04. The third kappa shape index (κ3) is 3.94. The van der Waals surface area contributed by atoms with E-state index in [2.05, 4.69) is 23.6 Å². The lowest BCUT2D eigenvalue weighted by atomic mass is 9.97. The summed E-state index contributed by atoms with van der Waals surface area (Å²) in [5, 5.41) is 1.06. The van der Waals surface area contributed by atoms with Gasteiger partial charge < -0.3 is 4.55 Å². The molecule has 19 heavy (non-hydrogen) atoms. The van der Waals surface area contributed by atoms with E-state index in [9.17, 15) is 4.55 Å². The maximum atomic E-state index is 12.4. The zero-order valence-corrected chi connectivity index (χ0v) is 14.1. The van der Waals surface area contributed by atoms with E-state index >= 15 is 0 Å². The molecular formula is C14H24N2OS2. The Morgan fingerprint density at radius 2 is 2.05 bits per heavy atom. The summed E-state index contributed by atoms with van der Waals surface area (Å²) in [7, 11) is 0. The van der Waals surface area contributed by atoms with Crippen LogP contribution in [0.15, 0.2) is 6.20 Å².